The molecule has 0 radical (unpaired) electrons. The first-order valence-corrected chi connectivity index (χ1v) is 8.90. The van der Waals surface area contributed by atoms with Gasteiger partial charge in [0.1, 0.15) is 6.33 Å². The highest BCUT2D eigenvalue weighted by atomic mass is 16.1. The van der Waals surface area contributed by atoms with Crippen LogP contribution in [0.3, 0.4) is 0 Å². The SMILES string of the molecule is O=C(Nc1cccc(-n2cnnn2)c1)C1C2CC3CC(C2)CC1C3. The summed E-state index contributed by atoms with van der Waals surface area (Å²) in [4.78, 5) is 12.9. The zero-order valence-corrected chi connectivity index (χ0v) is 13.5. The average molecular weight is 323 g/mol. The highest BCUT2D eigenvalue weighted by Crippen LogP contribution is 2.56. The van der Waals surface area contributed by atoms with E-state index in [9.17, 15) is 4.79 Å². The Hall–Kier alpha value is -2.24. The summed E-state index contributed by atoms with van der Waals surface area (Å²) in [5.74, 6) is 3.39. The lowest BCUT2D eigenvalue weighted by Crippen LogP contribution is -2.49. The Balaban J connectivity index is 1.35. The maximum Gasteiger partial charge on any atom is 0.228 e. The summed E-state index contributed by atoms with van der Waals surface area (Å²) in [6, 6.07) is 7.70. The molecule has 4 aliphatic rings. The minimum absolute atomic E-state index is 0.203. The minimum atomic E-state index is 0.203. The van der Waals surface area contributed by atoms with Gasteiger partial charge in [0.05, 0.1) is 5.69 Å². The molecule has 4 saturated carbocycles. The van der Waals surface area contributed by atoms with Crippen molar-refractivity contribution in [2.75, 3.05) is 5.32 Å². The Morgan fingerprint density at radius 3 is 2.50 bits per heavy atom. The van der Waals surface area contributed by atoms with Gasteiger partial charge in [0.25, 0.3) is 0 Å². The Labute approximate surface area is 140 Å². The number of anilines is 1. The molecule has 0 atom stereocenters. The molecule has 1 amide bonds. The molecule has 6 rings (SSSR count). The largest absolute Gasteiger partial charge is 0.326 e. The molecule has 24 heavy (non-hydrogen) atoms. The van der Waals surface area contributed by atoms with Crippen LogP contribution in [0.25, 0.3) is 5.69 Å². The Kier molecular flexibility index (Phi) is 3.18. The third-order valence-corrected chi connectivity index (χ3v) is 6.26. The number of benzene rings is 1. The molecule has 2 aromatic rings. The lowest BCUT2D eigenvalue weighted by atomic mass is 9.51. The van der Waals surface area contributed by atoms with Crippen molar-refractivity contribution in [2.45, 2.75) is 32.1 Å². The van der Waals surface area contributed by atoms with Crippen LogP contribution in [0.4, 0.5) is 5.69 Å². The maximum absolute atomic E-state index is 12.9. The summed E-state index contributed by atoms with van der Waals surface area (Å²) in [6.45, 7) is 0. The lowest BCUT2D eigenvalue weighted by molar-refractivity contribution is -0.132. The summed E-state index contributed by atoms with van der Waals surface area (Å²) < 4.78 is 1.60. The van der Waals surface area contributed by atoms with E-state index in [4.69, 9.17) is 0 Å². The van der Waals surface area contributed by atoms with Crippen LogP contribution in [-0.4, -0.2) is 26.1 Å². The number of amides is 1. The van der Waals surface area contributed by atoms with Crippen molar-refractivity contribution in [1.82, 2.24) is 20.2 Å². The Morgan fingerprint density at radius 1 is 1.08 bits per heavy atom. The zero-order valence-electron chi connectivity index (χ0n) is 13.5. The van der Waals surface area contributed by atoms with Gasteiger partial charge in [0, 0.05) is 11.6 Å². The van der Waals surface area contributed by atoms with E-state index in [1.165, 1.54) is 32.1 Å². The molecule has 1 aromatic carbocycles. The number of rotatable bonds is 3. The molecule has 0 spiro atoms. The molecule has 0 saturated heterocycles. The molecule has 6 heteroatoms. The number of carbonyl (C=O) groups excluding carboxylic acids is 1. The number of nitrogens with one attached hydrogen (secondary N) is 1. The maximum atomic E-state index is 12.9. The van der Waals surface area contributed by atoms with Crippen molar-refractivity contribution < 1.29 is 4.79 Å². The van der Waals surface area contributed by atoms with Gasteiger partial charge < -0.3 is 5.32 Å². The lowest BCUT2D eigenvalue weighted by Gasteiger charge is -2.53. The molecular weight excluding hydrogens is 302 g/mol. The van der Waals surface area contributed by atoms with Crippen molar-refractivity contribution >= 4 is 11.6 Å². The molecule has 1 aromatic heterocycles. The van der Waals surface area contributed by atoms with Gasteiger partial charge in [0.2, 0.25) is 5.91 Å². The number of hydrogen-bond acceptors (Lipinski definition) is 4. The van der Waals surface area contributed by atoms with E-state index < -0.39 is 0 Å². The smallest absolute Gasteiger partial charge is 0.228 e. The second-order valence-corrected chi connectivity index (χ2v) is 7.75. The number of carbonyl (C=O) groups is 1. The van der Waals surface area contributed by atoms with Crippen LogP contribution >= 0.6 is 0 Å². The topological polar surface area (TPSA) is 72.7 Å². The highest BCUT2D eigenvalue weighted by molar-refractivity contribution is 5.93. The summed E-state index contributed by atoms with van der Waals surface area (Å²) in [5.41, 5.74) is 1.67. The molecule has 124 valence electrons. The van der Waals surface area contributed by atoms with Gasteiger partial charge in [-0.05, 0) is 84.4 Å². The molecule has 0 unspecified atom stereocenters. The molecule has 6 nitrogen and oxygen atoms in total. The zero-order chi connectivity index (χ0) is 16.1. The standard InChI is InChI=1S/C18H21N5O/c24-18(17-13-5-11-4-12(7-13)8-14(17)6-11)20-15-2-1-3-16(9-15)23-10-19-21-22-23/h1-3,9-14,17H,4-8H2,(H,20,24). The van der Waals surface area contributed by atoms with Crippen LogP contribution < -0.4 is 5.32 Å². The molecule has 4 bridgehead atoms. The van der Waals surface area contributed by atoms with E-state index >= 15 is 0 Å². The predicted octanol–water partition coefficient (Wildman–Crippen LogP) is 2.67. The third-order valence-electron chi connectivity index (χ3n) is 6.26. The first-order valence-electron chi connectivity index (χ1n) is 8.90. The van der Waals surface area contributed by atoms with Crippen LogP contribution in [0, 0.1) is 29.6 Å². The van der Waals surface area contributed by atoms with E-state index in [0.29, 0.717) is 11.8 Å². The molecule has 4 aliphatic carbocycles. The van der Waals surface area contributed by atoms with Crippen molar-refractivity contribution in [3.63, 3.8) is 0 Å². The van der Waals surface area contributed by atoms with Gasteiger partial charge in [-0.15, -0.1) is 5.10 Å². The highest BCUT2D eigenvalue weighted by Gasteiger charge is 2.50. The van der Waals surface area contributed by atoms with Crippen LogP contribution in [-0.2, 0) is 4.79 Å². The second-order valence-electron chi connectivity index (χ2n) is 7.75. The number of aromatic nitrogens is 4. The fourth-order valence-electron chi connectivity index (χ4n) is 5.58. The van der Waals surface area contributed by atoms with Gasteiger partial charge in [-0.25, -0.2) is 4.68 Å². The fraction of sp³-hybridized carbons (Fsp3) is 0.556. The Morgan fingerprint density at radius 2 is 1.83 bits per heavy atom. The van der Waals surface area contributed by atoms with Crippen LogP contribution in [0.15, 0.2) is 30.6 Å². The van der Waals surface area contributed by atoms with Crippen molar-refractivity contribution in [1.29, 1.82) is 0 Å². The monoisotopic (exact) mass is 323 g/mol. The first-order chi connectivity index (χ1) is 11.8. The van der Waals surface area contributed by atoms with Gasteiger partial charge in [-0.2, -0.15) is 0 Å². The number of nitrogens with zero attached hydrogens (tertiary/aromatic N) is 4. The third kappa shape index (κ3) is 2.32. The molecular formula is C18H21N5O. The quantitative estimate of drug-likeness (QED) is 0.942. The average Bonchev–Trinajstić information content (AvgIpc) is 3.08. The molecule has 1 heterocycles. The van der Waals surface area contributed by atoms with E-state index in [1.807, 2.05) is 24.3 Å². The summed E-state index contributed by atoms with van der Waals surface area (Å²) in [7, 11) is 0. The Bertz CT molecular complexity index is 729. The number of hydrogen-bond donors (Lipinski definition) is 1. The molecule has 0 aliphatic heterocycles. The summed E-state index contributed by atoms with van der Waals surface area (Å²) in [6.07, 6.45) is 8.01. The van der Waals surface area contributed by atoms with Crippen LogP contribution in [0.1, 0.15) is 32.1 Å². The van der Waals surface area contributed by atoms with Crippen molar-refractivity contribution in [3.05, 3.63) is 30.6 Å². The second kappa shape index (κ2) is 5.40. The summed E-state index contributed by atoms with van der Waals surface area (Å²) >= 11 is 0. The van der Waals surface area contributed by atoms with Gasteiger partial charge in [-0.1, -0.05) is 6.07 Å². The van der Waals surface area contributed by atoms with E-state index in [0.717, 1.165) is 23.2 Å². The van der Waals surface area contributed by atoms with Crippen molar-refractivity contribution in [3.8, 4) is 5.69 Å². The van der Waals surface area contributed by atoms with Crippen LogP contribution in [0.2, 0.25) is 0 Å². The normalized spacial score (nSPS) is 33.6. The number of tetrazole rings is 1. The fourth-order valence-corrected chi connectivity index (χ4v) is 5.58. The van der Waals surface area contributed by atoms with E-state index in [1.54, 1.807) is 11.0 Å². The summed E-state index contributed by atoms with van der Waals surface area (Å²) in [5, 5.41) is 14.4. The molecule has 4 fully saturated rings. The van der Waals surface area contributed by atoms with Gasteiger partial charge >= 0.3 is 0 Å². The van der Waals surface area contributed by atoms with Gasteiger partial charge in [0.15, 0.2) is 0 Å². The van der Waals surface area contributed by atoms with Crippen molar-refractivity contribution in [2.24, 2.45) is 29.6 Å². The van der Waals surface area contributed by atoms with E-state index in [-0.39, 0.29) is 11.8 Å². The van der Waals surface area contributed by atoms with Gasteiger partial charge in [-0.3, -0.25) is 4.79 Å². The van der Waals surface area contributed by atoms with Crippen LogP contribution in [0.5, 0.6) is 0 Å². The minimum Gasteiger partial charge on any atom is -0.326 e. The molecule has 1 N–H and O–H groups in total. The van der Waals surface area contributed by atoms with E-state index in [2.05, 4.69) is 20.8 Å². The predicted molar refractivity (Wildman–Crippen MR) is 88.3 cm³/mol. The first kappa shape index (κ1) is 14.1.